The van der Waals surface area contributed by atoms with Crippen LogP contribution >= 0.6 is 0 Å². The first-order valence-corrected chi connectivity index (χ1v) is 8.95. The molecule has 1 aliphatic heterocycles. The normalized spacial score (nSPS) is 14.4. The zero-order valence-corrected chi connectivity index (χ0v) is 15.5. The van der Waals surface area contributed by atoms with Gasteiger partial charge < -0.3 is 14.8 Å². The smallest absolute Gasteiger partial charge is 0.318 e. The highest BCUT2D eigenvalue weighted by Gasteiger charge is 2.28. The molecule has 1 aliphatic rings. The predicted octanol–water partition coefficient (Wildman–Crippen LogP) is 3.07. The van der Waals surface area contributed by atoms with Crippen molar-refractivity contribution in [1.29, 1.82) is 0 Å². The van der Waals surface area contributed by atoms with Gasteiger partial charge in [-0.25, -0.2) is 4.79 Å². The summed E-state index contributed by atoms with van der Waals surface area (Å²) in [5.41, 5.74) is 2.35. The molecular weight excluding hydrogens is 314 g/mol. The zero-order chi connectivity index (χ0) is 18.0. The fourth-order valence-corrected chi connectivity index (χ4v) is 3.29. The number of nitrogens with one attached hydrogen (secondary N) is 1. The highest BCUT2D eigenvalue weighted by molar-refractivity contribution is 5.74. The van der Waals surface area contributed by atoms with Crippen LogP contribution in [0.3, 0.4) is 0 Å². The van der Waals surface area contributed by atoms with Gasteiger partial charge in [0.15, 0.2) is 5.82 Å². The molecule has 0 fully saturated rings. The molecule has 1 aromatic heterocycles. The van der Waals surface area contributed by atoms with E-state index in [1.54, 1.807) is 4.90 Å². The van der Waals surface area contributed by atoms with E-state index in [1.165, 1.54) is 5.56 Å². The summed E-state index contributed by atoms with van der Waals surface area (Å²) in [6.45, 7) is 7.79. The van der Waals surface area contributed by atoms with Gasteiger partial charge in [-0.1, -0.05) is 38.1 Å². The summed E-state index contributed by atoms with van der Waals surface area (Å²) < 4.78 is 2.16. The van der Waals surface area contributed by atoms with Gasteiger partial charge in [0, 0.05) is 26.6 Å². The van der Waals surface area contributed by atoms with Gasteiger partial charge in [0.2, 0.25) is 0 Å². The van der Waals surface area contributed by atoms with Gasteiger partial charge in [0.05, 0.1) is 6.04 Å². The lowest BCUT2D eigenvalue weighted by Crippen LogP contribution is -2.41. The van der Waals surface area contributed by atoms with Crippen molar-refractivity contribution in [2.45, 2.75) is 52.7 Å². The summed E-state index contributed by atoms with van der Waals surface area (Å²) >= 11 is 0. The molecule has 2 amide bonds. The van der Waals surface area contributed by atoms with Gasteiger partial charge in [0.1, 0.15) is 5.82 Å². The third-order valence-electron chi connectivity index (χ3n) is 4.88. The lowest BCUT2D eigenvalue weighted by Gasteiger charge is -2.26. The van der Waals surface area contributed by atoms with Crippen LogP contribution in [0, 0.1) is 12.8 Å². The van der Waals surface area contributed by atoms with Gasteiger partial charge in [-0.15, -0.1) is 10.2 Å². The van der Waals surface area contributed by atoms with Crippen LogP contribution in [-0.2, 0) is 19.5 Å². The maximum atomic E-state index is 12.7. The Morgan fingerprint density at radius 1 is 1.32 bits per heavy atom. The summed E-state index contributed by atoms with van der Waals surface area (Å²) in [5.74, 6) is 2.15. The Morgan fingerprint density at radius 3 is 2.80 bits per heavy atom. The number of carbonyl (C=O) groups excluding carboxylic acids is 1. The molecule has 2 aromatic rings. The molecule has 0 radical (unpaired) electrons. The lowest BCUT2D eigenvalue weighted by atomic mass is 10.0. The zero-order valence-electron chi connectivity index (χ0n) is 15.5. The molecular formula is C19H27N5O. The molecule has 6 heteroatoms. The Kier molecular flexibility index (Phi) is 5.06. The van der Waals surface area contributed by atoms with Crippen molar-refractivity contribution < 1.29 is 4.79 Å². The highest BCUT2D eigenvalue weighted by Crippen LogP contribution is 2.24. The van der Waals surface area contributed by atoms with Gasteiger partial charge in [0.25, 0.3) is 0 Å². The Hall–Kier alpha value is -2.37. The van der Waals surface area contributed by atoms with Crippen molar-refractivity contribution in [3.63, 3.8) is 0 Å². The number of urea groups is 1. The van der Waals surface area contributed by atoms with E-state index in [4.69, 9.17) is 0 Å². The number of aromatic nitrogens is 3. The third-order valence-corrected chi connectivity index (χ3v) is 4.88. The second-order valence-corrected chi connectivity index (χ2v) is 7.18. The molecule has 1 unspecified atom stereocenters. The first-order valence-electron chi connectivity index (χ1n) is 8.95. The minimum atomic E-state index is -0.133. The van der Waals surface area contributed by atoms with Crippen molar-refractivity contribution in [1.82, 2.24) is 25.0 Å². The fraction of sp³-hybridized carbons (Fsp3) is 0.526. The Morgan fingerprint density at radius 2 is 2.08 bits per heavy atom. The summed E-state index contributed by atoms with van der Waals surface area (Å²) in [7, 11) is 1.83. The molecule has 0 saturated heterocycles. The molecule has 25 heavy (non-hydrogen) atoms. The molecule has 3 rings (SSSR count). The fourth-order valence-electron chi connectivity index (χ4n) is 3.29. The monoisotopic (exact) mass is 341 g/mol. The number of benzene rings is 1. The number of amides is 2. The second-order valence-electron chi connectivity index (χ2n) is 7.18. The molecule has 1 atom stereocenters. The highest BCUT2D eigenvalue weighted by atomic mass is 16.2. The second kappa shape index (κ2) is 7.25. The molecule has 2 heterocycles. The van der Waals surface area contributed by atoms with Crippen LogP contribution in [0.15, 0.2) is 24.3 Å². The summed E-state index contributed by atoms with van der Waals surface area (Å²) in [5, 5.41) is 11.8. The van der Waals surface area contributed by atoms with Crippen molar-refractivity contribution in [3.05, 3.63) is 47.0 Å². The molecule has 6 nitrogen and oxygen atoms in total. The largest absolute Gasteiger partial charge is 0.328 e. The average molecular weight is 341 g/mol. The van der Waals surface area contributed by atoms with Crippen LogP contribution in [0.2, 0.25) is 0 Å². The minimum Gasteiger partial charge on any atom is -0.328 e. The number of hydrogen-bond acceptors (Lipinski definition) is 3. The van der Waals surface area contributed by atoms with E-state index in [1.807, 2.05) is 19.2 Å². The van der Waals surface area contributed by atoms with E-state index in [-0.39, 0.29) is 18.0 Å². The first-order chi connectivity index (χ1) is 12.0. The van der Waals surface area contributed by atoms with Crippen LogP contribution in [0.25, 0.3) is 0 Å². The first kappa shape index (κ1) is 17.5. The number of fused-ring (bicyclic) bond motifs is 1. The Labute approximate surface area is 149 Å². The number of rotatable bonds is 5. The number of hydrogen-bond donors (Lipinski definition) is 1. The molecule has 1 N–H and O–H groups in total. The average Bonchev–Trinajstić information content (AvgIpc) is 3.18. The van der Waals surface area contributed by atoms with Crippen molar-refractivity contribution >= 4 is 6.03 Å². The Bertz CT molecular complexity index is 752. The lowest BCUT2D eigenvalue weighted by molar-refractivity contribution is 0.197. The van der Waals surface area contributed by atoms with E-state index in [9.17, 15) is 4.79 Å². The van der Waals surface area contributed by atoms with E-state index in [0.29, 0.717) is 6.54 Å². The molecule has 0 bridgehead atoms. The number of nitrogens with zero attached hydrogens (tertiary/aromatic N) is 4. The predicted molar refractivity (Wildman–Crippen MR) is 97.1 cm³/mol. The van der Waals surface area contributed by atoms with Crippen molar-refractivity contribution in [2.24, 2.45) is 5.92 Å². The molecule has 1 aromatic carbocycles. The van der Waals surface area contributed by atoms with E-state index in [2.05, 4.69) is 53.0 Å². The minimum absolute atomic E-state index is 0.0858. The van der Waals surface area contributed by atoms with Crippen LogP contribution in [0.1, 0.15) is 49.1 Å². The molecule has 0 aliphatic carbocycles. The number of carbonyl (C=O) groups is 1. The van der Waals surface area contributed by atoms with E-state index >= 15 is 0 Å². The summed E-state index contributed by atoms with van der Waals surface area (Å²) in [6, 6.07) is 7.93. The van der Waals surface area contributed by atoms with Gasteiger partial charge in [-0.3, -0.25) is 0 Å². The van der Waals surface area contributed by atoms with Gasteiger partial charge in [-0.2, -0.15) is 0 Å². The standard InChI is InChI=1S/C19H27N5O/c1-13(2)17(18-22-21-16-10-7-11-24(16)18)20-19(25)23(4)12-15-9-6-5-8-14(15)3/h5-6,8-9,13,17H,7,10-12H2,1-4H3,(H,20,25). The molecule has 0 spiro atoms. The van der Waals surface area contributed by atoms with Crippen LogP contribution < -0.4 is 5.32 Å². The van der Waals surface area contributed by atoms with Gasteiger partial charge in [-0.05, 0) is 30.4 Å². The molecule has 0 saturated carbocycles. The molecule has 134 valence electrons. The topological polar surface area (TPSA) is 63.1 Å². The van der Waals surface area contributed by atoms with Crippen LogP contribution in [-0.4, -0.2) is 32.7 Å². The van der Waals surface area contributed by atoms with E-state index in [0.717, 1.165) is 36.6 Å². The quantitative estimate of drug-likeness (QED) is 0.909. The SMILES string of the molecule is Cc1ccccc1CN(C)C(=O)NC(c1nnc2n1CCC2)C(C)C. The van der Waals surface area contributed by atoms with E-state index < -0.39 is 0 Å². The summed E-state index contributed by atoms with van der Waals surface area (Å²) in [4.78, 5) is 14.4. The van der Waals surface area contributed by atoms with Crippen LogP contribution in [0.5, 0.6) is 0 Å². The van der Waals surface area contributed by atoms with Crippen molar-refractivity contribution in [2.75, 3.05) is 7.05 Å². The van der Waals surface area contributed by atoms with Gasteiger partial charge >= 0.3 is 6.03 Å². The Balaban J connectivity index is 1.71. The maximum Gasteiger partial charge on any atom is 0.318 e. The number of aryl methyl sites for hydroxylation is 2. The third kappa shape index (κ3) is 3.67. The maximum absolute atomic E-state index is 12.7. The van der Waals surface area contributed by atoms with Crippen molar-refractivity contribution in [3.8, 4) is 0 Å². The summed E-state index contributed by atoms with van der Waals surface area (Å²) in [6.07, 6.45) is 2.07. The van der Waals surface area contributed by atoms with Crippen LogP contribution in [0.4, 0.5) is 4.79 Å².